The van der Waals surface area contributed by atoms with Gasteiger partial charge in [0.05, 0.1) is 26.0 Å². The lowest BCUT2D eigenvalue weighted by molar-refractivity contribution is 0.102. The van der Waals surface area contributed by atoms with Crippen LogP contribution < -0.4 is 20.5 Å². The number of anilines is 2. The average Bonchev–Trinajstić information content (AvgIpc) is 3.19. The second kappa shape index (κ2) is 8.29. The number of fused-ring (bicyclic) bond motifs is 1. The molecule has 12 nitrogen and oxygen atoms in total. The number of carbonyl (C=O) groups excluding carboxylic acids is 1. The summed E-state index contributed by atoms with van der Waals surface area (Å²) in [6.45, 7) is 0. The maximum Gasteiger partial charge on any atom is 0.276 e. The van der Waals surface area contributed by atoms with E-state index in [1.807, 2.05) is 0 Å². The first-order valence-corrected chi connectivity index (χ1v) is 8.78. The fourth-order valence-electron chi connectivity index (χ4n) is 2.60. The number of nitrogens with zero attached hydrogens (tertiary/aromatic N) is 7. The summed E-state index contributed by atoms with van der Waals surface area (Å²) in [6, 6.07) is 4.89. The predicted molar refractivity (Wildman–Crippen MR) is 109 cm³/mol. The molecule has 31 heavy (non-hydrogen) atoms. The molecule has 0 radical (unpaired) electrons. The standard InChI is InChI=1S/C19H15N9O3/c1-30-18-11(3-5-15-25-26-16-6-4-12(20)9-28(15)16)7-13(24-27-18)17(29)23-14-8-21-10-22-19(14)31-2/h4,6-10H,20H2,1-2H3,(H,23,29). The minimum atomic E-state index is -0.549. The lowest BCUT2D eigenvalue weighted by Gasteiger charge is -2.08. The summed E-state index contributed by atoms with van der Waals surface area (Å²) in [6.07, 6.45) is 4.37. The molecule has 0 bridgehead atoms. The Hall–Kier alpha value is -4.79. The van der Waals surface area contributed by atoms with Crippen LogP contribution in [0, 0.1) is 11.8 Å². The van der Waals surface area contributed by atoms with Gasteiger partial charge >= 0.3 is 0 Å². The third-order valence-electron chi connectivity index (χ3n) is 4.04. The number of nitrogens with one attached hydrogen (secondary N) is 1. The molecule has 0 atom stereocenters. The monoisotopic (exact) mass is 417 g/mol. The smallest absolute Gasteiger partial charge is 0.276 e. The van der Waals surface area contributed by atoms with E-state index < -0.39 is 5.91 Å². The van der Waals surface area contributed by atoms with E-state index in [1.54, 1.807) is 22.7 Å². The van der Waals surface area contributed by atoms with Gasteiger partial charge in [-0.25, -0.2) is 4.98 Å². The van der Waals surface area contributed by atoms with Gasteiger partial charge in [-0.05, 0) is 24.1 Å². The summed E-state index contributed by atoms with van der Waals surface area (Å²) < 4.78 is 11.9. The van der Waals surface area contributed by atoms with Gasteiger partial charge in [-0.1, -0.05) is 5.92 Å². The highest BCUT2D eigenvalue weighted by molar-refractivity contribution is 6.03. The van der Waals surface area contributed by atoms with E-state index in [4.69, 9.17) is 15.2 Å². The SMILES string of the molecule is COc1nnc(C(=O)Nc2cncnc2OC)cc1C#Cc1nnc2ccc(N)cn12. The lowest BCUT2D eigenvalue weighted by Crippen LogP contribution is -2.16. The van der Waals surface area contributed by atoms with E-state index in [2.05, 4.69) is 47.5 Å². The number of aromatic nitrogens is 7. The van der Waals surface area contributed by atoms with Crippen LogP contribution in [0.15, 0.2) is 36.9 Å². The summed E-state index contributed by atoms with van der Waals surface area (Å²) >= 11 is 0. The number of nitrogen functional groups attached to an aromatic ring is 1. The molecule has 4 aromatic rings. The second-order valence-corrected chi connectivity index (χ2v) is 6.02. The Morgan fingerprint density at radius 2 is 1.94 bits per heavy atom. The average molecular weight is 417 g/mol. The zero-order chi connectivity index (χ0) is 21.8. The Labute approximate surface area is 175 Å². The van der Waals surface area contributed by atoms with Crippen LogP contribution in [0.4, 0.5) is 11.4 Å². The maximum atomic E-state index is 12.6. The molecule has 3 N–H and O–H groups in total. The van der Waals surface area contributed by atoms with Crippen molar-refractivity contribution >= 4 is 22.9 Å². The molecule has 0 aromatic carbocycles. The number of amides is 1. The number of methoxy groups -OCH3 is 2. The molecule has 1 amide bonds. The predicted octanol–water partition coefficient (Wildman–Crippen LogP) is 0.561. The molecule has 0 unspecified atom stereocenters. The summed E-state index contributed by atoms with van der Waals surface area (Å²) in [5.41, 5.74) is 7.58. The van der Waals surface area contributed by atoms with E-state index in [0.29, 0.717) is 22.7 Å². The van der Waals surface area contributed by atoms with E-state index >= 15 is 0 Å². The van der Waals surface area contributed by atoms with Crippen LogP contribution in [0.3, 0.4) is 0 Å². The van der Waals surface area contributed by atoms with Crippen LogP contribution in [0.25, 0.3) is 5.65 Å². The minimum absolute atomic E-state index is 0.00588. The Morgan fingerprint density at radius 1 is 1.10 bits per heavy atom. The van der Waals surface area contributed by atoms with Crippen LogP contribution in [0.2, 0.25) is 0 Å². The zero-order valence-electron chi connectivity index (χ0n) is 16.4. The normalized spacial score (nSPS) is 10.3. The number of pyridine rings is 1. The fourth-order valence-corrected chi connectivity index (χ4v) is 2.60. The van der Waals surface area contributed by atoms with Crippen molar-refractivity contribution < 1.29 is 14.3 Å². The Bertz CT molecular complexity index is 1340. The van der Waals surface area contributed by atoms with Gasteiger partial charge in [0.1, 0.15) is 12.0 Å². The van der Waals surface area contributed by atoms with Gasteiger partial charge in [0.15, 0.2) is 11.3 Å². The Morgan fingerprint density at radius 3 is 2.74 bits per heavy atom. The number of carbonyl (C=O) groups is 1. The third-order valence-corrected chi connectivity index (χ3v) is 4.04. The molecule has 4 heterocycles. The highest BCUT2D eigenvalue weighted by Crippen LogP contribution is 2.20. The first-order valence-electron chi connectivity index (χ1n) is 8.78. The van der Waals surface area contributed by atoms with Gasteiger partial charge in [0.25, 0.3) is 5.91 Å². The van der Waals surface area contributed by atoms with Crippen molar-refractivity contribution in [3.8, 4) is 23.6 Å². The van der Waals surface area contributed by atoms with Crippen molar-refractivity contribution in [2.45, 2.75) is 0 Å². The highest BCUT2D eigenvalue weighted by Gasteiger charge is 2.15. The molecule has 0 fully saturated rings. The molecule has 4 rings (SSSR count). The first kappa shape index (κ1) is 19.5. The van der Waals surface area contributed by atoms with Crippen molar-refractivity contribution in [3.05, 3.63) is 54.0 Å². The summed E-state index contributed by atoms with van der Waals surface area (Å²) in [4.78, 5) is 20.4. The number of rotatable bonds is 4. The van der Waals surface area contributed by atoms with E-state index in [9.17, 15) is 4.79 Å². The summed E-state index contributed by atoms with van der Waals surface area (Å²) in [5, 5.41) is 18.5. The number of nitrogens with two attached hydrogens (primary N) is 1. The largest absolute Gasteiger partial charge is 0.479 e. The van der Waals surface area contributed by atoms with E-state index in [0.717, 1.165) is 0 Å². The quantitative estimate of drug-likeness (QED) is 0.450. The number of ether oxygens (including phenoxy) is 2. The number of hydrogen-bond acceptors (Lipinski definition) is 10. The molecule has 154 valence electrons. The topological polar surface area (TPSA) is 155 Å². The minimum Gasteiger partial charge on any atom is -0.479 e. The van der Waals surface area contributed by atoms with Crippen LogP contribution >= 0.6 is 0 Å². The summed E-state index contributed by atoms with van der Waals surface area (Å²) in [7, 11) is 2.86. The Balaban J connectivity index is 1.66. The van der Waals surface area contributed by atoms with Crippen molar-refractivity contribution in [3.63, 3.8) is 0 Å². The van der Waals surface area contributed by atoms with Crippen molar-refractivity contribution in [2.24, 2.45) is 0 Å². The van der Waals surface area contributed by atoms with Gasteiger partial charge in [-0.15, -0.1) is 20.4 Å². The van der Waals surface area contributed by atoms with Gasteiger partial charge in [-0.3, -0.25) is 9.20 Å². The molecule has 0 spiro atoms. The van der Waals surface area contributed by atoms with Gasteiger partial charge in [0.2, 0.25) is 17.6 Å². The molecular weight excluding hydrogens is 402 g/mol. The zero-order valence-corrected chi connectivity index (χ0v) is 16.4. The summed E-state index contributed by atoms with van der Waals surface area (Å²) in [5.74, 6) is 5.95. The van der Waals surface area contributed by atoms with Crippen molar-refractivity contribution in [2.75, 3.05) is 25.3 Å². The molecule has 0 saturated carbocycles. The molecule has 4 aromatic heterocycles. The van der Waals surface area contributed by atoms with Crippen molar-refractivity contribution in [1.82, 2.24) is 34.8 Å². The Kier molecular flexibility index (Phi) is 5.22. The van der Waals surface area contributed by atoms with Crippen LogP contribution in [-0.4, -0.2) is 54.9 Å². The van der Waals surface area contributed by atoms with Crippen LogP contribution in [0.5, 0.6) is 11.8 Å². The van der Waals surface area contributed by atoms with Gasteiger partial charge in [-0.2, -0.15) is 4.98 Å². The fraction of sp³-hybridized carbons (Fsp3) is 0.105. The molecule has 0 aliphatic carbocycles. The van der Waals surface area contributed by atoms with E-state index in [-0.39, 0.29) is 23.1 Å². The molecule has 0 aliphatic rings. The third kappa shape index (κ3) is 4.01. The maximum absolute atomic E-state index is 12.6. The molecule has 12 heteroatoms. The van der Waals surface area contributed by atoms with Gasteiger partial charge < -0.3 is 20.5 Å². The molecular formula is C19H15N9O3. The highest BCUT2D eigenvalue weighted by atomic mass is 16.5. The van der Waals surface area contributed by atoms with E-state index in [1.165, 1.54) is 32.8 Å². The second-order valence-electron chi connectivity index (χ2n) is 6.02. The lowest BCUT2D eigenvalue weighted by atomic mass is 10.2. The number of hydrogen-bond donors (Lipinski definition) is 2. The van der Waals surface area contributed by atoms with Crippen LogP contribution in [0.1, 0.15) is 21.9 Å². The molecule has 0 aliphatic heterocycles. The van der Waals surface area contributed by atoms with Crippen molar-refractivity contribution in [1.29, 1.82) is 0 Å². The van der Waals surface area contributed by atoms with Gasteiger partial charge in [0, 0.05) is 11.9 Å². The first-order chi connectivity index (χ1) is 15.1. The van der Waals surface area contributed by atoms with Crippen LogP contribution in [-0.2, 0) is 0 Å². The molecule has 0 saturated heterocycles.